The van der Waals surface area contributed by atoms with Crippen molar-refractivity contribution >= 4 is 55.1 Å². The van der Waals surface area contributed by atoms with Gasteiger partial charge in [0.2, 0.25) is 0 Å². The van der Waals surface area contributed by atoms with Crippen molar-refractivity contribution in [3.05, 3.63) is 55.9 Å². The number of ether oxygens (including phenoxy) is 1. The summed E-state index contributed by atoms with van der Waals surface area (Å²) in [5.74, 6) is 1.67. The van der Waals surface area contributed by atoms with Gasteiger partial charge in [-0.05, 0) is 30.3 Å². The lowest BCUT2D eigenvalue weighted by Crippen LogP contribution is -1.90. The predicted octanol–water partition coefficient (Wildman–Crippen LogP) is 6.40. The maximum atomic E-state index is 6.09. The zero-order chi connectivity index (χ0) is 13.1. The first-order valence-corrected chi connectivity index (χ1v) is 7.57. The number of halogens is 4. The second kappa shape index (κ2) is 6.29. The Morgan fingerprint density at radius 3 is 2.22 bits per heavy atom. The van der Waals surface area contributed by atoms with Crippen LogP contribution in [0, 0.1) is 0 Å². The Bertz CT molecular complexity index is 573. The van der Waals surface area contributed by atoms with Crippen LogP contribution >= 0.6 is 55.1 Å². The van der Waals surface area contributed by atoms with E-state index in [-0.39, 0.29) is 0 Å². The molecule has 0 aliphatic heterocycles. The van der Waals surface area contributed by atoms with Crippen molar-refractivity contribution in [3.8, 4) is 11.5 Å². The van der Waals surface area contributed by atoms with Gasteiger partial charge in [-0.2, -0.15) is 0 Å². The molecule has 0 saturated heterocycles. The monoisotopic (exact) mass is 408 g/mol. The van der Waals surface area contributed by atoms with E-state index in [1.54, 1.807) is 6.07 Å². The normalized spacial score (nSPS) is 10.4. The summed E-state index contributed by atoms with van der Waals surface area (Å²) in [6.45, 7) is 0. The van der Waals surface area contributed by atoms with Gasteiger partial charge >= 0.3 is 0 Å². The molecule has 0 radical (unpaired) electrons. The third-order valence-corrected chi connectivity index (χ3v) is 3.87. The smallest absolute Gasteiger partial charge is 0.147 e. The molecule has 0 aromatic heterocycles. The molecule has 0 unspecified atom stereocenters. The molecule has 2 aromatic rings. The second-order valence-corrected chi connectivity index (χ2v) is 6.07. The van der Waals surface area contributed by atoms with E-state index in [0.717, 1.165) is 14.5 Å². The van der Waals surface area contributed by atoms with Crippen molar-refractivity contribution in [2.24, 2.45) is 0 Å². The highest BCUT2D eigenvalue weighted by Gasteiger charge is 2.08. The van der Waals surface area contributed by atoms with Crippen molar-refractivity contribution in [1.82, 2.24) is 0 Å². The molecule has 0 heterocycles. The Morgan fingerprint density at radius 2 is 1.56 bits per heavy atom. The fraction of sp³-hybridized carbons (Fsp3) is 0.0769. The fourth-order valence-electron chi connectivity index (χ4n) is 1.41. The molecule has 0 spiro atoms. The van der Waals surface area contributed by atoms with Crippen molar-refractivity contribution in [2.75, 3.05) is 0 Å². The van der Waals surface area contributed by atoms with Gasteiger partial charge in [0.15, 0.2) is 0 Å². The third kappa shape index (κ3) is 3.41. The molecule has 5 heteroatoms. The van der Waals surface area contributed by atoms with E-state index in [0.29, 0.717) is 22.4 Å². The van der Waals surface area contributed by atoms with Crippen LogP contribution in [0.2, 0.25) is 5.02 Å². The molecule has 0 bridgehead atoms. The van der Waals surface area contributed by atoms with Gasteiger partial charge < -0.3 is 4.74 Å². The van der Waals surface area contributed by atoms with Gasteiger partial charge in [-0.25, -0.2) is 0 Å². The van der Waals surface area contributed by atoms with Crippen LogP contribution in [0.15, 0.2) is 45.3 Å². The van der Waals surface area contributed by atoms with Gasteiger partial charge in [0.05, 0.1) is 10.9 Å². The average Bonchev–Trinajstić information content (AvgIpc) is 2.34. The fourth-order valence-corrected chi connectivity index (χ4v) is 2.46. The van der Waals surface area contributed by atoms with E-state index >= 15 is 0 Å². The van der Waals surface area contributed by atoms with Gasteiger partial charge in [-0.3, -0.25) is 0 Å². The third-order valence-electron chi connectivity index (χ3n) is 2.29. The topological polar surface area (TPSA) is 9.23 Å². The Hall–Kier alpha value is -0.220. The summed E-state index contributed by atoms with van der Waals surface area (Å²) in [5, 5.41) is 0.554. The van der Waals surface area contributed by atoms with E-state index in [4.69, 9.17) is 27.9 Å². The van der Waals surface area contributed by atoms with Crippen molar-refractivity contribution < 1.29 is 4.74 Å². The summed E-state index contributed by atoms with van der Waals surface area (Å²) in [6, 6.07) is 11.2. The van der Waals surface area contributed by atoms with E-state index in [1.165, 1.54) is 0 Å². The van der Waals surface area contributed by atoms with Crippen molar-refractivity contribution in [3.63, 3.8) is 0 Å². The molecule has 0 aliphatic carbocycles. The molecule has 1 nitrogen and oxygen atoms in total. The van der Waals surface area contributed by atoms with Gasteiger partial charge in [0.1, 0.15) is 11.5 Å². The van der Waals surface area contributed by atoms with Crippen LogP contribution in [0.4, 0.5) is 0 Å². The lowest BCUT2D eigenvalue weighted by atomic mass is 10.2. The van der Waals surface area contributed by atoms with Crippen molar-refractivity contribution in [1.29, 1.82) is 0 Å². The molecule has 0 amide bonds. The average molecular weight is 411 g/mol. The number of alkyl halides is 1. The van der Waals surface area contributed by atoms with Crippen molar-refractivity contribution in [2.45, 2.75) is 5.88 Å². The van der Waals surface area contributed by atoms with Crippen LogP contribution in [-0.2, 0) is 5.88 Å². The maximum Gasteiger partial charge on any atom is 0.147 e. The lowest BCUT2D eigenvalue weighted by molar-refractivity contribution is 0.478. The molecule has 18 heavy (non-hydrogen) atoms. The maximum absolute atomic E-state index is 6.09. The molecule has 0 fully saturated rings. The van der Waals surface area contributed by atoms with E-state index in [9.17, 15) is 0 Å². The Labute approximate surface area is 132 Å². The largest absolute Gasteiger partial charge is 0.455 e. The zero-order valence-corrected chi connectivity index (χ0v) is 13.8. The van der Waals surface area contributed by atoms with Crippen LogP contribution in [0.3, 0.4) is 0 Å². The summed E-state index contributed by atoms with van der Waals surface area (Å²) in [6.07, 6.45) is 0. The summed E-state index contributed by atoms with van der Waals surface area (Å²) in [5.41, 5.74) is 0.913. The minimum Gasteiger partial charge on any atom is -0.455 e. The first-order valence-electron chi connectivity index (χ1n) is 5.07. The van der Waals surface area contributed by atoms with Crippen LogP contribution in [-0.4, -0.2) is 0 Å². The van der Waals surface area contributed by atoms with E-state index < -0.39 is 0 Å². The molecular weight excluding hydrogens is 403 g/mol. The van der Waals surface area contributed by atoms with Crippen LogP contribution < -0.4 is 4.74 Å². The SMILES string of the molecule is ClCc1ccc(Br)cc1Oc1cc(Br)ccc1Cl. The summed E-state index contributed by atoms with van der Waals surface area (Å²) >= 11 is 18.8. The summed E-state index contributed by atoms with van der Waals surface area (Å²) < 4.78 is 7.65. The lowest BCUT2D eigenvalue weighted by Gasteiger charge is -2.11. The Kier molecular flexibility index (Phi) is 4.96. The molecule has 0 N–H and O–H groups in total. The van der Waals surface area contributed by atoms with Gasteiger partial charge in [0.25, 0.3) is 0 Å². The summed E-state index contributed by atoms with van der Waals surface area (Å²) in [4.78, 5) is 0. The molecule has 0 atom stereocenters. The Balaban J connectivity index is 2.38. The zero-order valence-electron chi connectivity index (χ0n) is 9.09. The highest BCUT2D eigenvalue weighted by molar-refractivity contribution is 9.10. The van der Waals surface area contributed by atoms with Gasteiger partial charge in [0, 0.05) is 14.5 Å². The summed E-state index contributed by atoms with van der Waals surface area (Å²) in [7, 11) is 0. The number of hydrogen-bond donors (Lipinski definition) is 0. The van der Waals surface area contributed by atoms with Crippen LogP contribution in [0.1, 0.15) is 5.56 Å². The minimum atomic E-state index is 0.383. The molecular formula is C13H8Br2Cl2O. The Morgan fingerprint density at radius 1 is 0.944 bits per heavy atom. The van der Waals surface area contributed by atoms with Crippen LogP contribution in [0.5, 0.6) is 11.5 Å². The van der Waals surface area contributed by atoms with Gasteiger partial charge in [-0.15, -0.1) is 11.6 Å². The molecule has 0 aliphatic rings. The first-order chi connectivity index (χ1) is 8.60. The van der Waals surface area contributed by atoms with E-state index in [1.807, 2.05) is 30.3 Å². The second-order valence-electron chi connectivity index (χ2n) is 3.56. The van der Waals surface area contributed by atoms with Crippen LogP contribution in [0.25, 0.3) is 0 Å². The number of hydrogen-bond acceptors (Lipinski definition) is 1. The number of benzene rings is 2. The molecule has 2 rings (SSSR count). The standard InChI is InChI=1S/C13H8Br2Cl2O/c14-9-2-1-8(7-16)12(5-9)18-13-6-10(15)3-4-11(13)17/h1-6H,7H2. The highest BCUT2D eigenvalue weighted by atomic mass is 79.9. The quantitative estimate of drug-likeness (QED) is 0.532. The molecule has 94 valence electrons. The number of rotatable bonds is 3. The molecule has 0 saturated carbocycles. The highest BCUT2D eigenvalue weighted by Crippen LogP contribution is 2.35. The predicted molar refractivity (Wildman–Crippen MR) is 82.9 cm³/mol. The minimum absolute atomic E-state index is 0.383. The first kappa shape index (κ1) is 14.2. The van der Waals surface area contributed by atoms with Gasteiger partial charge in [-0.1, -0.05) is 49.5 Å². The van der Waals surface area contributed by atoms with E-state index in [2.05, 4.69) is 31.9 Å². The molecule has 2 aromatic carbocycles.